The van der Waals surface area contributed by atoms with Crippen LogP contribution in [-0.2, 0) is 4.79 Å². The molecule has 0 radical (unpaired) electrons. The van der Waals surface area contributed by atoms with E-state index in [1.54, 1.807) is 20.3 Å². The molecule has 3 N–H and O–H groups in total. The highest BCUT2D eigenvalue weighted by molar-refractivity contribution is 7.99. The Labute approximate surface area is 126 Å². The molecule has 21 heavy (non-hydrogen) atoms. The SMILES string of the molecule is COc1ccc(-c2nc(SCCC(N)=O)n[nH]2)c(OC)c1. The lowest BCUT2D eigenvalue weighted by Gasteiger charge is -2.07. The number of rotatable bonds is 7. The van der Waals surface area contributed by atoms with Crippen LogP contribution in [0.4, 0.5) is 0 Å². The average Bonchev–Trinajstić information content (AvgIpc) is 2.94. The Hall–Kier alpha value is -2.22. The number of nitrogens with two attached hydrogens (primary N) is 1. The van der Waals surface area contributed by atoms with Crippen molar-refractivity contribution >= 4 is 17.7 Å². The van der Waals surface area contributed by atoms with E-state index in [0.717, 1.165) is 5.56 Å². The van der Waals surface area contributed by atoms with Crippen molar-refractivity contribution in [3.63, 3.8) is 0 Å². The number of primary amides is 1. The standard InChI is InChI=1S/C13H16N4O3S/c1-19-8-3-4-9(10(7-8)20-2)12-15-13(17-16-12)21-6-5-11(14)18/h3-4,7H,5-6H2,1-2H3,(H2,14,18)(H,15,16,17). The molecular formula is C13H16N4O3S. The minimum absolute atomic E-state index is 0.292. The molecule has 112 valence electrons. The molecule has 0 bridgehead atoms. The summed E-state index contributed by atoms with van der Waals surface area (Å²) in [4.78, 5) is 15.1. The van der Waals surface area contributed by atoms with Crippen molar-refractivity contribution in [2.45, 2.75) is 11.6 Å². The lowest BCUT2D eigenvalue weighted by Crippen LogP contribution is -2.10. The van der Waals surface area contributed by atoms with E-state index < -0.39 is 0 Å². The second-order valence-electron chi connectivity index (χ2n) is 4.10. The van der Waals surface area contributed by atoms with E-state index in [4.69, 9.17) is 15.2 Å². The van der Waals surface area contributed by atoms with Gasteiger partial charge in [-0.2, -0.15) is 0 Å². The molecule has 0 saturated carbocycles. The van der Waals surface area contributed by atoms with Gasteiger partial charge in [0.25, 0.3) is 0 Å². The highest BCUT2D eigenvalue weighted by Gasteiger charge is 2.12. The Balaban J connectivity index is 2.15. The van der Waals surface area contributed by atoms with Crippen LogP contribution >= 0.6 is 11.8 Å². The molecule has 1 aromatic carbocycles. The van der Waals surface area contributed by atoms with Crippen molar-refractivity contribution in [3.8, 4) is 22.9 Å². The largest absolute Gasteiger partial charge is 0.497 e. The number of methoxy groups -OCH3 is 2. The summed E-state index contributed by atoms with van der Waals surface area (Å²) < 4.78 is 10.5. The van der Waals surface area contributed by atoms with E-state index >= 15 is 0 Å². The molecule has 0 aliphatic rings. The van der Waals surface area contributed by atoms with Crippen molar-refractivity contribution in [2.24, 2.45) is 5.73 Å². The average molecular weight is 308 g/mol. The number of hydrogen-bond acceptors (Lipinski definition) is 6. The summed E-state index contributed by atoms with van der Waals surface area (Å²) in [7, 11) is 3.17. The minimum Gasteiger partial charge on any atom is -0.497 e. The van der Waals surface area contributed by atoms with Crippen LogP contribution in [0.25, 0.3) is 11.4 Å². The zero-order chi connectivity index (χ0) is 15.2. The first kappa shape index (κ1) is 15.2. The number of carbonyl (C=O) groups excluding carboxylic acids is 1. The van der Waals surface area contributed by atoms with Crippen molar-refractivity contribution in [2.75, 3.05) is 20.0 Å². The molecule has 0 atom stereocenters. The predicted molar refractivity (Wildman–Crippen MR) is 79.5 cm³/mol. The number of hydrogen-bond donors (Lipinski definition) is 2. The van der Waals surface area contributed by atoms with Crippen LogP contribution in [0.3, 0.4) is 0 Å². The first-order valence-electron chi connectivity index (χ1n) is 6.20. The van der Waals surface area contributed by atoms with Crippen molar-refractivity contribution in [3.05, 3.63) is 18.2 Å². The number of H-pyrrole nitrogens is 1. The maximum Gasteiger partial charge on any atom is 0.218 e. The van der Waals surface area contributed by atoms with E-state index in [1.165, 1.54) is 11.8 Å². The number of aromatic amines is 1. The van der Waals surface area contributed by atoms with Gasteiger partial charge in [-0.1, -0.05) is 11.8 Å². The number of nitrogens with one attached hydrogen (secondary N) is 1. The third-order valence-electron chi connectivity index (χ3n) is 2.71. The van der Waals surface area contributed by atoms with E-state index in [9.17, 15) is 4.79 Å². The normalized spacial score (nSPS) is 10.4. The van der Waals surface area contributed by atoms with Gasteiger partial charge in [0.05, 0.1) is 19.8 Å². The van der Waals surface area contributed by atoms with Gasteiger partial charge in [0.2, 0.25) is 11.1 Å². The van der Waals surface area contributed by atoms with Crippen molar-refractivity contribution < 1.29 is 14.3 Å². The van der Waals surface area contributed by atoms with E-state index in [0.29, 0.717) is 34.7 Å². The number of carbonyl (C=O) groups is 1. The molecule has 1 amide bonds. The third kappa shape index (κ3) is 3.88. The molecule has 2 rings (SSSR count). The number of aromatic nitrogens is 3. The molecule has 2 aromatic rings. The maximum absolute atomic E-state index is 10.7. The van der Waals surface area contributed by atoms with Crippen molar-refractivity contribution in [1.29, 1.82) is 0 Å². The Morgan fingerprint density at radius 2 is 2.19 bits per heavy atom. The summed E-state index contributed by atoms with van der Waals surface area (Å²) in [5.41, 5.74) is 5.87. The number of nitrogens with zero attached hydrogens (tertiary/aromatic N) is 2. The summed E-state index contributed by atoms with van der Waals surface area (Å²) in [6.45, 7) is 0. The van der Waals surface area contributed by atoms with Gasteiger partial charge in [0, 0.05) is 18.2 Å². The van der Waals surface area contributed by atoms with Gasteiger partial charge in [-0.25, -0.2) is 4.98 Å². The summed E-state index contributed by atoms with van der Waals surface area (Å²) in [5, 5.41) is 7.51. The number of ether oxygens (including phenoxy) is 2. The second-order valence-corrected chi connectivity index (χ2v) is 5.16. The van der Waals surface area contributed by atoms with Gasteiger partial charge in [0.15, 0.2) is 5.82 Å². The Kier molecular flexibility index (Phi) is 5.04. The Morgan fingerprint density at radius 3 is 2.86 bits per heavy atom. The highest BCUT2D eigenvalue weighted by Crippen LogP contribution is 2.31. The van der Waals surface area contributed by atoms with Crippen LogP contribution in [0.5, 0.6) is 11.5 Å². The first-order chi connectivity index (χ1) is 10.1. The van der Waals surface area contributed by atoms with E-state index in [1.807, 2.05) is 12.1 Å². The summed E-state index contributed by atoms with van der Waals surface area (Å²) in [6, 6.07) is 5.44. The third-order valence-corrected chi connectivity index (χ3v) is 3.56. The lowest BCUT2D eigenvalue weighted by atomic mass is 10.2. The lowest BCUT2D eigenvalue weighted by molar-refractivity contribution is -0.117. The van der Waals surface area contributed by atoms with Crippen LogP contribution in [0.15, 0.2) is 23.4 Å². The highest BCUT2D eigenvalue weighted by atomic mass is 32.2. The van der Waals surface area contributed by atoms with Gasteiger partial charge in [-0.05, 0) is 12.1 Å². The zero-order valence-electron chi connectivity index (χ0n) is 11.8. The molecule has 0 fully saturated rings. The molecule has 7 nitrogen and oxygen atoms in total. The number of thioether (sulfide) groups is 1. The van der Waals surface area contributed by atoms with Crippen LogP contribution in [-0.4, -0.2) is 41.1 Å². The molecule has 1 aromatic heterocycles. The smallest absolute Gasteiger partial charge is 0.218 e. The van der Waals surface area contributed by atoms with E-state index in [-0.39, 0.29) is 5.91 Å². The number of amides is 1. The molecular weight excluding hydrogens is 292 g/mol. The van der Waals surface area contributed by atoms with Gasteiger partial charge in [-0.3, -0.25) is 9.89 Å². The number of benzene rings is 1. The van der Waals surface area contributed by atoms with Crippen LogP contribution in [0.2, 0.25) is 0 Å². The fourth-order valence-corrected chi connectivity index (χ4v) is 2.42. The Bertz CT molecular complexity index is 630. The molecule has 0 aliphatic carbocycles. The van der Waals surface area contributed by atoms with Crippen LogP contribution in [0.1, 0.15) is 6.42 Å². The van der Waals surface area contributed by atoms with Gasteiger partial charge in [-0.15, -0.1) is 5.10 Å². The summed E-state index contributed by atoms with van der Waals surface area (Å²) >= 11 is 1.37. The molecule has 0 spiro atoms. The topological polar surface area (TPSA) is 103 Å². The van der Waals surface area contributed by atoms with Crippen molar-refractivity contribution in [1.82, 2.24) is 15.2 Å². The molecule has 8 heteroatoms. The molecule has 0 aliphatic heterocycles. The molecule has 1 heterocycles. The summed E-state index contributed by atoms with van der Waals surface area (Å²) in [6.07, 6.45) is 0.292. The summed E-state index contributed by atoms with van der Waals surface area (Å²) in [5.74, 6) is 2.14. The zero-order valence-corrected chi connectivity index (χ0v) is 12.6. The monoisotopic (exact) mass is 308 g/mol. The first-order valence-corrected chi connectivity index (χ1v) is 7.18. The van der Waals surface area contributed by atoms with Crippen LogP contribution in [0, 0.1) is 0 Å². The quantitative estimate of drug-likeness (QED) is 0.751. The molecule has 0 unspecified atom stereocenters. The maximum atomic E-state index is 10.7. The molecule has 0 saturated heterocycles. The predicted octanol–water partition coefficient (Wildman–Crippen LogP) is 1.46. The van der Waals surface area contributed by atoms with Gasteiger partial charge >= 0.3 is 0 Å². The van der Waals surface area contributed by atoms with Crippen LogP contribution < -0.4 is 15.2 Å². The van der Waals surface area contributed by atoms with Gasteiger partial charge < -0.3 is 15.2 Å². The fraction of sp³-hybridized carbons (Fsp3) is 0.308. The second kappa shape index (κ2) is 6.98. The van der Waals surface area contributed by atoms with Gasteiger partial charge in [0.1, 0.15) is 11.5 Å². The minimum atomic E-state index is -0.338. The Morgan fingerprint density at radius 1 is 1.38 bits per heavy atom. The van der Waals surface area contributed by atoms with E-state index in [2.05, 4.69) is 15.2 Å². The fourth-order valence-electron chi connectivity index (χ4n) is 1.67.